The number of hydrogen-bond acceptors (Lipinski definition) is 2. The van der Waals surface area contributed by atoms with Crippen molar-refractivity contribution in [3.8, 4) is 0 Å². The Balaban J connectivity index is 2.09. The van der Waals surface area contributed by atoms with Gasteiger partial charge in [0.15, 0.2) is 0 Å². The average molecular weight is 148 g/mol. The van der Waals surface area contributed by atoms with Crippen LogP contribution in [0.4, 0.5) is 0 Å². The molecule has 2 atom stereocenters. The van der Waals surface area contributed by atoms with E-state index in [2.05, 4.69) is 11.1 Å². The van der Waals surface area contributed by atoms with Crippen LogP contribution in [-0.2, 0) is 0 Å². The van der Waals surface area contributed by atoms with E-state index in [1.54, 1.807) is 0 Å². The minimum Gasteiger partial charge on any atom is -0.330 e. The van der Waals surface area contributed by atoms with E-state index in [-0.39, 0.29) is 0 Å². The molecule has 0 bridgehead atoms. The van der Waals surface area contributed by atoms with E-state index in [4.69, 9.17) is 5.73 Å². The predicted octanol–water partition coefficient (Wildman–Crippen LogP) is 1.14. The fourth-order valence-electron chi connectivity index (χ4n) is 1.51. The molecule has 1 aromatic rings. The van der Waals surface area contributed by atoms with Crippen LogP contribution in [0.2, 0.25) is 0 Å². The summed E-state index contributed by atoms with van der Waals surface area (Å²) in [6.07, 6.45) is 5.01. The Morgan fingerprint density at radius 2 is 2.55 bits per heavy atom. The lowest BCUT2D eigenvalue weighted by Gasteiger charge is -1.95. The van der Waals surface area contributed by atoms with Crippen molar-refractivity contribution < 1.29 is 0 Å². The highest BCUT2D eigenvalue weighted by Gasteiger charge is 2.36. The molecule has 2 N–H and O–H groups in total. The van der Waals surface area contributed by atoms with Gasteiger partial charge in [0, 0.05) is 12.4 Å². The van der Waals surface area contributed by atoms with Gasteiger partial charge in [-0.1, -0.05) is 6.07 Å². The summed E-state index contributed by atoms with van der Waals surface area (Å²) >= 11 is 0. The second-order valence-electron chi connectivity index (χ2n) is 3.12. The Labute approximate surface area is 66.4 Å². The molecule has 1 aromatic heterocycles. The van der Waals surface area contributed by atoms with Crippen LogP contribution in [-0.4, -0.2) is 11.5 Å². The summed E-state index contributed by atoms with van der Waals surface area (Å²) in [5.41, 5.74) is 6.89. The Morgan fingerprint density at radius 3 is 3.09 bits per heavy atom. The van der Waals surface area contributed by atoms with Crippen LogP contribution in [0, 0.1) is 5.92 Å². The maximum absolute atomic E-state index is 5.54. The number of aromatic nitrogens is 1. The summed E-state index contributed by atoms with van der Waals surface area (Å²) in [5.74, 6) is 1.42. The van der Waals surface area contributed by atoms with E-state index in [9.17, 15) is 0 Å². The fourth-order valence-corrected chi connectivity index (χ4v) is 1.51. The van der Waals surface area contributed by atoms with Crippen LogP contribution in [0.15, 0.2) is 24.5 Å². The lowest BCUT2D eigenvalue weighted by atomic mass is 10.1. The van der Waals surface area contributed by atoms with Crippen LogP contribution < -0.4 is 5.73 Å². The summed E-state index contributed by atoms with van der Waals surface area (Å²) < 4.78 is 0. The van der Waals surface area contributed by atoms with Gasteiger partial charge in [0.1, 0.15) is 0 Å². The fraction of sp³-hybridized carbons (Fsp3) is 0.444. The molecule has 1 fully saturated rings. The molecule has 58 valence electrons. The molecule has 0 radical (unpaired) electrons. The van der Waals surface area contributed by atoms with Gasteiger partial charge in [0.2, 0.25) is 0 Å². The first kappa shape index (κ1) is 6.80. The molecule has 1 aliphatic rings. The second-order valence-corrected chi connectivity index (χ2v) is 3.12. The zero-order valence-corrected chi connectivity index (χ0v) is 6.40. The Morgan fingerprint density at radius 1 is 1.64 bits per heavy atom. The third-order valence-corrected chi connectivity index (χ3v) is 2.34. The number of nitrogens with two attached hydrogens (primary N) is 1. The first-order chi connectivity index (χ1) is 5.42. The number of pyridine rings is 1. The third-order valence-electron chi connectivity index (χ3n) is 2.34. The van der Waals surface area contributed by atoms with E-state index in [1.807, 2.05) is 18.5 Å². The minimum atomic E-state index is 0.702. The van der Waals surface area contributed by atoms with E-state index in [1.165, 1.54) is 12.0 Å². The lowest BCUT2D eigenvalue weighted by molar-refractivity contribution is 0.808. The smallest absolute Gasteiger partial charge is 0.0302 e. The third kappa shape index (κ3) is 1.26. The molecule has 2 nitrogen and oxygen atoms in total. The molecule has 2 heteroatoms. The van der Waals surface area contributed by atoms with Crippen molar-refractivity contribution in [3.05, 3.63) is 30.1 Å². The van der Waals surface area contributed by atoms with Gasteiger partial charge in [-0.05, 0) is 36.4 Å². The second kappa shape index (κ2) is 2.62. The average Bonchev–Trinajstić information content (AvgIpc) is 2.85. The van der Waals surface area contributed by atoms with Crippen molar-refractivity contribution in [1.82, 2.24) is 4.98 Å². The first-order valence-corrected chi connectivity index (χ1v) is 4.02. The van der Waals surface area contributed by atoms with Gasteiger partial charge in [-0.2, -0.15) is 0 Å². The Kier molecular flexibility index (Phi) is 1.62. The maximum atomic E-state index is 5.54. The Hall–Kier alpha value is -0.890. The Bertz CT molecular complexity index is 233. The highest BCUT2D eigenvalue weighted by Crippen LogP contribution is 2.46. The van der Waals surface area contributed by atoms with Gasteiger partial charge in [-0.25, -0.2) is 0 Å². The molecule has 0 unspecified atom stereocenters. The van der Waals surface area contributed by atoms with Crippen LogP contribution in [0.5, 0.6) is 0 Å². The van der Waals surface area contributed by atoms with Gasteiger partial charge >= 0.3 is 0 Å². The van der Waals surface area contributed by atoms with Gasteiger partial charge in [-0.3, -0.25) is 4.98 Å². The predicted molar refractivity (Wildman–Crippen MR) is 44.1 cm³/mol. The topological polar surface area (TPSA) is 38.9 Å². The van der Waals surface area contributed by atoms with E-state index in [0.29, 0.717) is 5.92 Å². The normalized spacial score (nSPS) is 28.5. The van der Waals surface area contributed by atoms with Crippen molar-refractivity contribution >= 4 is 0 Å². The van der Waals surface area contributed by atoms with Crippen LogP contribution in [0.1, 0.15) is 17.9 Å². The number of rotatable bonds is 2. The summed E-state index contributed by atoms with van der Waals surface area (Å²) in [6.45, 7) is 0.819. The highest BCUT2D eigenvalue weighted by atomic mass is 14.6. The number of nitrogens with zero attached hydrogens (tertiary/aromatic N) is 1. The van der Waals surface area contributed by atoms with Gasteiger partial charge in [-0.15, -0.1) is 0 Å². The molecule has 0 amide bonds. The molecule has 1 aliphatic carbocycles. The van der Waals surface area contributed by atoms with Crippen molar-refractivity contribution in [2.75, 3.05) is 6.54 Å². The van der Waals surface area contributed by atoms with E-state index in [0.717, 1.165) is 12.5 Å². The molecule has 1 heterocycles. The lowest BCUT2D eigenvalue weighted by Crippen LogP contribution is -2.01. The summed E-state index contributed by atoms with van der Waals surface area (Å²) in [5, 5.41) is 0. The monoisotopic (exact) mass is 148 g/mol. The van der Waals surface area contributed by atoms with Crippen LogP contribution in [0.25, 0.3) is 0 Å². The molecule has 0 aromatic carbocycles. The van der Waals surface area contributed by atoms with Gasteiger partial charge in [0.25, 0.3) is 0 Å². The summed E-state index contributed by atoms with van der Waals surface area (Å²) in [4.78, 5) is 4.07. The van der Waals surface area contributed by atoms with Gasteiger partial charge < -0.3 is 5.73 Å². The van der Waals surface area contributed by atoms with E-state index < -0.39 is 0 Å². The van der Waals surface area contributed by atoms with E-state index >= 15 is 0 Å². The van der Waals surface area contributed by atoms with Crippen molar-refractivity contribution in [2.24, 2.45) is 11.7 Å². The largest absolute Gasteiger partial charge is 0.330 e. The molecular weight excluding hydrogens is 136 g/mol. The molecule has 0 aliphatic heterocycles. The van der Waals surface area contributed by atoms with Crippen LogP contribution >= 0.6 is 0 Å². The molecular formula is C9H12N2. The van der Waals surface area contributed by atoms with Crippen LogP contribution in [0.3, 0.4) is 0 Å². The number of hydrogen-bond donors (Lipinski definition) is 1. The molecule has 0 spiro atoms. The van der Waals surface area contributed by atoms with Crippen molar-refractivity contribution in [1.29, 1.82) is 0 Å². The first-order valence-electron chi connectivity index (χ1n) is 4.02. The SMILES string of the molecule is NC[C@@H]1C[C@@H]1c1cccnc1. The standard InChI is InChI=1S/C9H12N2/c10-5-8-4-9(8)7-2-1-3-11-6-7/h1-3,6,8-9H,4-5,10H2/t8-,9+/m0/s1. The molecule has 11 heavy (non-hydrogen) atoms. The minimum absolute atomic E-state index is 0.702. The summed E-state index contributed by atoms with van der Waals surface area (Å²) in [7, 11) is 0. The molecule has 0 saturated heterocycles. The zero-order valence-electron chi connectivity index (χ0n) is 6.40. The van der Waals surface area contributed by atoms with Crippen molar-refractivity contribution in [2.45, 2.75) is 12.3 Å². The maximum Gasteiger partial charge on any atom is 0.0302 e. The van der Waals surface area contributed by atoms with Crippen molar-refractivity contribution in [3.63, 3.8) is 0 Å². The molecule has 1 saturated carbocycles. The highest BCUT2D eigenvalue weighted by molar-refractivity contribution is 5.22. The quantitative estimate of drug-likeness (QED) is 0.683. The van der Waals surface area contributed by atoms with Gasteiger partial charge in [0.05, 0.1) is 0 Å². The molecule has 2 rings (SSSR count). The zero-order chi connectivity index (χ0) is 7.68. The summed E-state index contributed by atoms with van der Waals surface area (Å²) in [6, 6.07) is 4.12.